The Balaban J connectivity index is 2.06. The van der Waals surface area contributed by atoms with E-state index in [-0.39, 0.29) is 17.4 Å². The number of rotatable bonds is 3. The minimum atomic E-state index is -0.631. The van der Waals surface area contributed by atoms with Crippen molar-refractivity contribution in [2.75, 3.05) is 5.01 Å². The summed E-state index contributed by atoms with van der Waals surface area (Å²) in [5, 5.41) is 20.1. The lowest BCUT2D eigenvalue weighted by atomic mass is 10.2. The number of hydrogen-bond acceptors (Lipinski definition) is 8. The first-order chi connectivity index (χ1) is 11.5. The van der Waals surface area contributed by atoms with E-state index in [0.717, 1.165) is 5.01 Å². The number of phenols is 2. The second-order valence-electron chi connectivity index (χ2n) is 4.92. The van der Waals surface area contributed by atoms with Crippen LogP contribution in [0.25, 0.3) is 5.69 Å². The van der Waals surface area contributed by atoms with Crippen molar-refractivity contribution in [3.05, 3.63) is 58.9 Å². The van der Waals surface area contributed by atoms with E-state index in [2.05, 4.69) is 15.0 Å². The van der Waals surface area contributed by atoms with E-state index in [9.17, 15) is 15.0 Å². The van der Waals surface area contributed by atoms with Gasteiger partial charge in [0.25, 0.3) is 5.95 Å². The van der Waals surface area contributed by atoms with E-state index < -0.39 is 5.69 Å². The molecule has 0 aliphatic carbocycles. The third kappa shape index (κ3) is 2.75. The summed E-state index contributed by atoms with van der Waals surface area (Å²) in [6, 6.07) is 9.11. The normalized spacial score (nSPS) is 10.6. The summed E-state index contributed by atoms with van der Waals surface area (Å²) in [7, 11) is 0. The van der Waals surface area contributed by atoms with Crippen LogP contribution in [0.2, 0.25) is 0 Å². The van der Waals surface area contributed by atoms with Crippen molar-refractivity contribution in [2.24, 2.45) is 5.84 Å². The predicted octanol–water partition coefficient (Wildman–Crippen LogP) is 0.754. The first-order valence-electron chi connectivity index (χ1n) is 6.93. The van der Waals surface area contributed by atoms with Gasteiger partial charge in [0.05, 0.1) is 5.69 Å². The number of pyridine rings is 1. The molecule has 2 aromatic heterocycles. The minimum absolute atomic E-state index is 0.00421. The van der Waals surface area contributed by atoms with Crippen molar-refractivity contribution in [3.63, 3.8) is 0 Å². The van der Waals surface area contributed by atoms with Crippen LogP contribution in [0.5, 0.6) is 11.5 Å². The molecule has 122 valence electrons. The van der Waals surface area contributed by atoms with Gasteiger partial charge in [-0.1, -0.05) is 6.07 Å². The number of anilines is 2. The van der Waals surface area contributed by atoms with Gasteiger partial charge in [0.1, 0.15) is 11.6 Å². The van der Waals surface area contributed by atoms with Gasteiger partial charge in [0.15, 0.2) is 11.5 Å². The molecule has 0 spiro atoms. The Kier molecular flexibility index (Phi) is 3.84. The van der Waals surface area contributed by atoms with E-state index in [1.807, 2.05) is 0 Å². The Labute approximate surface area is 136 Å². The molecule has 0 amide bonds. The van der Waals surface area contributed by atoms with Crippen LogP contribution in [-0.2, 0) is 0 Å². The second-order valence-corrected chi connectivity index (χ2v) is 4.92. The number of aryl methyl sites for hydroxylation is 1. The lowest BCUT2D eigenvalue weighted by Crippen LogP contribution is -2.33. The molecule has 9 nitrogen and oxygen atoms in total. The molecule has 0 radical (unpaired) electrons. The van der Waals surface area contributed by atoms with Gasteiger partial charge in [-0.25, -0.2) is 25.2 Å². The Hall–Kier alpha value is -3.46. The van der Waals surface area contributed by atoms with Gasteiger partial charge in [0.2, 0.25) is 0 Å². The van der Waals surface area contributed by atoms with Crippen molar-refractivity contribution in [2.45, 2.75) is 6.92 Å². The molecule has 24 heavy (non-hydrogen) atoms. The monoisotopic (exact) mass is 326 g/mol. The van der Waals surface area contributed by atoms with E-state index in [1.54, 1.807) is 31.3 Å². The zero-order valence-electron chi connectivity index (χ0n) is 12.7. The number of benzene rings is 1. The number of aromatic nitrogens is 4. The summed E-state index contributed by atoms with van der Waals surface area (Å²) in [4.78, 5) is 24.5. The highest BCUT2D eigenvalue weighted by Gasteiger charge is 2.15. The van der Waals surface area contributed by atoms with Crippen LogP contribution in [0.1, 0.15) is 5.82 Å². The summed E-state index contributed by atoms with van der Waals surface area (Å²) >= 11 is 0. The average Bonchev–Trinajstić information content (AvgIpc) is 2.57. The zero-order valence-corrected chi connectivity index (χ0v) is 12.7. The van der Waals surface area contributed by atoms with Crippen molar-refractivity contribution in [1.29, 1.82) is 0 Å². The molecular weight excluding hydrogens is 312 g/mol. The molecular formula is C15H14N6O3. The van der Waals surface area contributed by atoms with Gasteiger partial charge in [0, 0.05) is 12.3 Å². The topological polar surface area (TPSA) is 130 Å². The van der Waals surface area contributed by atoms with E-state index in [1.165, 1.54) is 22.8 Å². The zero-order chi connectivity index (χ0) is 17.3. The molecule has 2 heterocycles. The van der Waals surface area contributed by atoms with Crippen LogP contribution in [0, 0.1) is 6.92 Å². The highest BCUT2D eigenvalue weighted by molar-refractivity contribution is 5.50. The molecule has 0 bridgehead atoms. The fourth-order valence-corrected chi connectivity index (χ4v) is 2.15. The summed E-state index contributed by atoms with van der Waals surface area (Å²) in [5.74, 6) is 5.96. The molecule has 4 N–H and O–H groups in total. The number of nitrogens with two attached hydrogens (primary N) is 1. The van der Waals surface area contributed by atoms with E-state index in [4.69, 9.17) is 5.84 Å². The molecule has 0 atom stereocenters. The maximum atomic E-state index is 12.4. The van der Waals surface area contributed by atoms with Gasteiger partial charge >= 0.3 is 5.69 Å². The van der Waals surface area contributed by atoms with Gasteiger partial charge < -0.3 is 10.2 Å². The van der Waals surface area contributed by atoms with Gasteiger partial charge in [-0.2, -0.15) is 9.97 Å². The molecule has 0 saturated heterocycles. The fraction of sp³-hybridized carbons (Fsp3) is 0.0667. The predicted molar refractivity (Wildman–Crippen MR) is 86.3 cm³/mol. The number of hydrazine groups is 1. The smallest absolute Gasteiger partial charge is 0.356 e. The number of phenolic OH excluding ortho intramolecular Hbond substituents is 2. The SMILES string of the molecule is Cc1nc(N(N)c2ccccn2)nc(=O)n1-c1ccc(O)c(O)c1. The summed E-state index contributed by atoms with van der Waals surface area (Å²) in [6.45, 7) is 1.60. The molecule has 3 aromatic rings. The largest absolute Gasteiger partial charge is 0.504 e. The fourth-order valence-electron chi connectivity index (χ4n) is 2.15. The van der Waals surface area contributed by atoms with Crippen LogP contribution in [0.15, 0.2) is 47.4 Å². The first kappa shape index (κ1) is 15.4. The molecule has 1 aromatic carbocycles. The Morgan fingerprint density at radius 1 is 1.12 bits per heavy atom. The third-order valence-corrected chi connectivity index (χ3v) is 3.30. The van der Waals surface area contributed by atoms with Crippen LogP contribution in [-0.4, -0.2) is 29.7 Å². The summed E-state index contributed by atoms with van der Waals surface area (Å²) < 4.78 is 1.19. The van der Waals surface area contributed by atoms with Gasteiger partial charge in [-0.15, -0.1) is 0 Å². The Bertz CT molecular complexity index is 942. The lowest BCUT2D eigenvalue weighted by molar-refractivity contribution is 0.403. The number of aromatic hydroxyl groups is 2. The highest BCUT2D eigenvalue weighted by Crippen LogP contribution is 2.26. The van der Waals surface area contributed by atoms with Crippen LogP contribution in [0.3, 0.4) is 0 Å². The van der Waals surface area contributed by atoms with Crippen molar-refractivity contribution in [1.82, 2.24) is 19.5 Å². The maximum Gasteiger partial charge on any atom is 0.356 e. The van der Waals surface area contributed by atoms with Crippen molar-refractivity contribution >= 4 is 11.8 Å². The van der Waals surface area contributed by atoms with E-state index >= 15 is 0 Å². The van der Waals surface area contributed by atoms with Crippen molar-refractivity contribution in [3.8, 4) is 17.2 Å². The molecule has 0 saturated carbocycles. The Morgan fingerprint density at radius 3 is 2.54 bits per heavy atom. The van der Waals surface area contributed by atoms with Crippen LogP contribution < -0.4 is 16.5 Å². The molecule has 0 aliphatic heterocycles. The van der Waals surface area contributed by atoms with Crippen LogP contribution >= 0.6 is 0 Å². The minimum Gasteiger partial charge on any atom is -0.504 e. The number of nitrogens with zero attached hydrogens (tertiary/aromatic N) is 5. The number of hydrogen-bond donors (Lipinski definition) is 3. The molecule has 0 aliphatic rings. The van der Waals surface area contributed by atoms with Gasteiger partial charge in [-0.3, -0.25) is 0 Å². The molecule has 9 heteroatoms. The second kappa shape index (κ2) is 5.97. The summed E-state index contributed by atoms with van der Waals surface area (Å²) in [6.07, 6.45) is 1.56. The molecule has 0 fully saturated rings. The van der Waals surface area contributed by atoms with Gasteiger partial charge in [-0.05, 0) is 31.2 Å². The highest BCUT2D eigenvalue weighted by atomic mass is 16.3. The van der Waals surface area contributed by atoms with Crippen LogP contribution in [0.4, 0.5) is 11.8 Å². The molecule has 0 unspecified atom stereocenters. The van der Waals surface area contributed by atoms with Crippen molar-refractivity contribution < 1.29 is 10.2 Å². The van der Waals surface area contributed by atoms with E-state index in [0.29, 0.717) is 17.3 Å². The molecule has 3 rings (SSSR count). The lowest BCUT2D eigenvalue weighted by Gasteiger charge is -2.17. The average molecular weight is 326 g/mol. The first-order valence-corrected chi connectivity index (χ1v) is 6.93. The maximum absolute atomic E-state index is 12.4. The Morgan fingerprint density at radius 2 is 1.92 bits per heavy atom. The quantitative estimate of drug-likeness (QED) is 0.365. The third-order valence-electron chi connectivity index (χ3n) is 3.30. The standard InChI is InChI=1S/C15H14N6O3/c1-9-18-14(21(16)13-4-2-3-7-17-13)19-15(24)20(9)10-5-6-11(22)12(23)8-10/h2-8,22-23H,16H2,1H3. The summed E-state index contributed by atoms with van der Waals surface area (Å²) in [5.41, 5.74) is -0.310.